The van der Waals surface area contributed by atoms with Crippen LogP contribution in [0.5, 0.6) is 5.75 Å². The van der Waals surface area contributed by atoms with E-state index in [-0.39, 0.29) is 12.4 Å². The Morgan fingerprint density at radius 3 is 2.57 bits per heavy atom. The van der Waals surface area contributed by atoms with E-state index in [2.05, 4.69) is 5.16 Å². The van der Waals surface area contributed by atoms with Gasteiger partial charge in [0.25, 0.3) is 0 Å². The molecule has 2 aromatic rings. The number of ether oxygens (including phenoxy) is 1. The first-order chi connectivity index (χ1) is 11.0. The number of oxime groups is 1. The highest BCUT2D eigenvalue weighted by molar-refractivity contribution is 5.97. The summed E-state index contributed by atoms with van der Waals surface area (Å²) < 4.78 is 5.38. The maximum Gasteiger partial charge on any atom is 0.372 e. The first-order valence-corrected chi connectivity index (χ1v) is 7.26. The van der Waals surface area contributed by atoms with Crippen LogP contribution in [0.4, 0.5) is 0 Å². The van der Waals surface area contributed by atoms with E-state index in [4.69, 9.17) is 15.3 Å². The number of carbonyl (C=O) groups excluding carboxylic acids is 1. The van der Waals surface area contributed by atoms with Gasteiger partial charge in [0.2, 0.25) is 0 Å². The fourth-order valence-electron chi connectivity index (χ4n) is 1.93. The molecule has 0 aliphatic carbocycles. The van der Waals surface area contributed by atoms with Crippen molar-refractivity contribution in [3.05, 3.63) is 64.7 Å². The summed E-state index contributed by atoms with van der Waals surface area (Å²) in [6.07, 6.45) is 0. The van der Waals surface area contributed by atoms with Crippen molar-refractivity contribution in [1.29, 1.82) is 0 Å². The Morgan fingerprint density at radius 1 is 1.09 bits per heavy atom. The number of hydrogen-bond donors (Lipinski definition) is 1. The summed E-state index contributed by atoms with van der Waals surface area (Å²) in [6, 6.07) is 13.1. The minimum atomic E-state index is -0.612. The number of amidine groups is 1. The van der Waals surface area contributed by atoms with E-state index < -0.39 is 5.97 Å². The maximum absolute atomic E-state index is 11.7. The molecule has 5 heteroatoms. The van der Waals surface area contributed by atoms with Crippen molar-refractivity contribution in [3.63, 3.8) is 0 Å². The molecule has 0 heterocycles. The monoisotopic (exact) mass is 312 g/mol. The van der Waals surface area contributed by atoms with Crippen LogP contribution in [0.15, 0.2) is 47.6 Å². The molecular formula is C18H20N2O3. The molecule has 0 aromatic heterocycles. The molecule has 0 atom stereocenters. The maximum atomic E-state index is 11.7. The molecule has 0 saturated carbocycles. The second-order valence-corrected chi connectivity index (χ2v) is 5.34. The molecule has 0 amide bonds. The molecule has 5 nitrogen and oxygen atoms in total. The van der Waals surface area contributed by atoms with Gasteiger partial charge in [-0.15, -0.1) is 0 Å². The first kappa shape index (κ1) is 16.5. The largest absolute Gasteiger partial charge is 0.482 e. The summed E-state index contributed by atoms with van der Waals surface area (Å²) in [6.45, 7) is 5.71. The third-order valence-electron chi connectivity index (χ3n) is 3.39. The van der Waals surface area contributed by atoms with Gasteiger partial charge in [0, 0.05) is 5.56 Å². The highest BCUT2D eigenvalue weighted by atomic mass is 16.7. The summed E-state index contributed by atoms with van der Waals surface area (Å²) >= 11 is 0. The van der Waals surface area contributed by atoms with Gasteiger partial charge in [-0.1, -0.05) is 35.0 Å². The Kier molecular flexibility index (Phi) is 5.36. The number of hydrogen-bond acceptors (Lipinski definition) is 4. The predicted molar refractivity (Wildman–Crippen MR) is 89.4 cm³/mol. The summed E-state index contributed by atoms with van der Waals surface area (Å²) in [5.41, 5.74) is 9.79. The molecule has 23 heavy (non-hydrogen) atoms. The number of rotatable bonds is 5. The van der Waals surface area contributed by atoms with Gasteiger partial charge < -0.3 is 15.3 Å². The van der Waals surface area contributed by atoms with Crippen molar-refractivity contribution in [2.45, 2.75) is 20.8 Å². The molecule has 0 aliphatic heterocycles. The molecule has 0 saturated heterocycles. The van der Waals surface area contributed by atoms with Crippen molar-refractivity contribution >= 4 is 11.8 Å². The van der Waals surface area contributed by atoms with Gasteiger partial charge in [0.15, 0.2) is 12.4 Å². The van der Waals surface area contributed by atoms with Crippen molar-refractivity contribution in [1.82, 2.24) is 0 Å². The molecule has 120 valence electrons. The van der Waals surface area contributed by atoms with Gasteiger partial charge in [0.1, 0.15) is 5.75 Å². The zero-order valence-electron chi connectivity index (χ0n) is 13.5. The number of carbonyl (C=O) groups is 1. The van der Waals surface area contributed by atoms with Crippen LogP contribution in [0, 0.1) is 20.8 Å². The highest BCUT2D eigenvalue weighted by Crippen LogP contribution is 2.16. The summed E-state index contributed by atoms with van der Waals surface area (Å²) in [5, 5.41) is 3.64. The molecule has 0 aliphatic rings. The van der Waals surface area contributed by atoms with E-state index >= 15 is 0 Å². The minimum absolute atomic E-state index is 0.147. The average Bonchev–Trinajstić information content (AvgIpc) is 2.53. The molecule has 0 bridgehead atoms. The Hall–Kier alpha value is -2.82. The van der Waals surface area contributed by atoms with Crippen LogP contribution in [0.1, 0.15) is 22.3 Å². The first-order valence-electron chi connectivity index (χ1n) is 7.26. The van der Waals surface area contributed by atoms with E-state index in [1.54, 1.807) is 12.1 Å². The third-order valence-corrected chi connectivity index (χ3v) is 3.39. The number of nitrogens with two attached hydrogens (primary N) is 1. The fraction of sp³-hybridized carbons (Fsp3) is 0.222. The van der Waals surface area contributed by atoms with Crippen molar-refractivity contribution < 1.29 is 14.4 Å². The minimum Gasteiger partial charge on any atom is -0.482 e. The molecular weight excluding hydrogens is 292 g/mol. The standard InChI is InChI=1S/C18H20N2O3/c1-12-5-4-6-15(9-12)18(19)20-23-17(21)11-22-16-8-7-13(2)14(3)10-16/h4-10H,11H2,1-3H3,(H2,19,20). The second-order valence-electron chi connectivity index (χ2n) is 5.34. The summed E-state index contributed by atoms with van der Waals surface area (Å²) in [5.74, 6) is 0.146. The molecule has 0 spiro atoms. The van der Waals surface area contributed by atoms with E-state index in [1.807, 2.05) is 51.1 Å². The van der Waals surface area contributed by atoms with Gasteiger partial charge in [-0.2, -0.15) is 0 Å². The van der Waals surface area contributed by atoms with Gasteiger partial charge in [-0.05, 0) is 50.1 Å². The van der Waals surface area contributed by atoms with Crippen LogP contribution in [0.3, 0.4) is 0 Å². The fourth-order valence-corrected chi connectivity index (χ4v) is 1.93. The van der Waals surface area contributed by atoms with Gasteiger partial charge in [-0.3, -0.25) is 0 Å². The van der Waals surface area contributed by atoms with Crippen molar-refractivity contribution in [2.24, 2.45) is 10.9 Å². The molecule has 2 rings (SSSR count). The Bertz CT molecular complexity index is 739. The van der Waals surface area contributed by atoms with Crippen LogP contribution in [-0.2, 0) is 9.63 Å². The zero-order valence-corrected chi connectivity index (χ0v) is 13.5. The molecule has 2 N–H and O–H groups in total. The lowest BCUT2D eigenvalue weighted by Gasteiger charge is -2.07. The van der Waals surface area contributed by atoms with Gasteiger partial charge in [0.05, 0.1) is 0 Å². The predicted octanol–water partition coefficient (Wildman–Crippen LogP) is 2.85. The van der Waals surface area contributed by atoms with Crippen LogP contribution in [0.2, 0.25) is 0 Å². The lowest BCUT2D eigenvalue weighted by atomic mass is 10.1. The van der Waals surface area contributed by atoms with Crippen molar-refractivity contribution in [3.8, 4) is 5.75 Å². The van der Waals surface area contributed by atoms with Gasteiger partial charge in [-0.25, -0.2) is 4.79 Å². The van der Waals surface area contributed by atoms with E-state index in [1.165, 1.54) is 0 Å². The number of benzene rings is 2. The Morgan fingerprint density at radius 2 is 1.87 bits per heavy atom. The molecule has 2 aromatic carbocycles. The Labute approximate surface area is 135 Å². The molecule has 0 fully saturated rings. The third kappa shape index (κ3) is 4.85. The SMILES string of the molecule is Cc1cccc(/C(N)=N\OC(=O)COc2ccc(C)c(C)c2)c1. The smallest absolute Gasteiger partial charge is 0.372 e. The van der Waals surface area contributed by atoms with Crippen LogP contribution in [-0.4, -0.2) is 18.4 Å². The summed E-state index contributed by atoms with van der Waals surface area (Å²) in [4.78, 5) is 16.4. The average molecular weight is 312 g/mol. The van der Waals surface area contributed by atoms with Crippen molar-refractivity contribution in [2.75, 3.05) is 6.61 Å². The van der Waals surface area contributed by atoms with E-state index in [0.717, 1.165) is 16.7 Å². The highest BCUT2D eigenvalue weighted by Gasteiger charge is 2.06. The van der Waals surface area contributed by atoms with E-state index in [9.17, 15) is 4.79 Å². The zero-order chi connectivity index (χ0) is 16.8. The topological polar surface area (TPSA) is 73.9 Å². The number of aryl methyl sites for hydroxylation is 3. The summed E-state index contributed by atoms with van der Waals surface area (Å²) in [7, 11) is 0. The van der Waals surface area contributed by atoms with Crippen LogP contribution in [0.25, 0.3) is 0 Å². The Balaban J connectivity index is 1.89. The second kappa shape index (κ2) is 7.45. The lowest BCUT2D eigenvalue weighted by Crippen LogP contribution is -2.18. The van der Waals surface area contributed by atoms with Crippen LogP contribution >= 0.6 is 0 Å². The molecule has 0 radical (unpaired) electrons. The van der Waals surface area contributed by atoms with Gasteiger partial charge >= 0.3 is 5.97 Å². The number of nitrogens with zero attached hydrogens (tertiary/aromatic N) is 1. The molecule has 0 unspecified atom stereocenters. The lowest BCUT2D eigenvalue weighted by molar-refractivity contribution is -0.146. The normalized spacial score (nSPS) is 11.2. The van der Waals surface area contributed by atoms with E-state index in [0.29, 0.717) is 11.3 Å². The van der Waals surface area contributed by atoms with Crippen LogP contribution < -0.4 is 10.5 Å². The quantitative estimate of drug-likeness (QED) is 0.399.